The highest BCUT2D eigenvalue weighted by Crippen LogP contribution is 2.33. The maximum absolute atomic E-state index is 11.9. The van der Waals surface area contributed by atoms with E-state index in [9.17, 15) is 4.79 Å². The molecule has 4 heteroatoms. The molecular formula is C14H18N2O2. The molecule has 1 amide bonds. The van der Waals surface area contributed by atoms with Crippen LogP contribution in [0, 0.1) is 5.92 Å². The van der Waals surface area contributed by atoms with Crippen molar-refractivity contribution in [3.8, 4) is 0 Å². The van der Waals surface area contributed by atoms with E-state index in [0.29, 0.717) is 18.7 Å². The van der Waals surface area contributed by atoms with Gasteiger partial charge in [0.25, 0.3) is 0 Å². The topological polar surface area (TPSA) is 50.4 Å². The number of benzene rings is 1. The van der Waals surface area contributed by atoms with Crippen molar-refractivity contribution < 1.29 is 9.63 Å². The van der Waals surface area contributed by atoms with Crippen LogP contribution in [0.25, 0.3) is 0 Å². The van der Waals surface area contributed by atoms with E-state index >= 15 is 0 Å². The number of amides is 1. The minimum Gasteiger partial charge on any atom is -0.310 e. The lowest BCUT2D eigenvalue weighted by Crippen LogP contribution is -2.37. The molecule has 2 heterocycles. The molecule has 1 aromatic rings. The fourth-order valence-electron chi connectivity index (χ4n) is 2.95. The van der Waals surface area contributed by atoms with Gasteiger partial charge in [0.2, 0.25) is 5.91 Å². The first-order valence-corrected chi connectivity index (χ1v) is 6.54. The Morgan fingerprint density at radius 1 is 1.33 bits per heavy atom. The monoisotopic (exact) mass is 246 g/mol. The number of rotatable bonds is 4. The number of carbonyl (C=O) groups is 1. The second-order valence-corrected chi connectivity index (χ2v) is 5.13. The predicted molar refractivity (Wildman–Crippen MR) is 67.4 cm³/mol. The van der Waals surface area contributed by atoms with Crippen LogP contribution in [-0.2, 0) is 16.2 Å². The van der Waals surface area contributed by atoms with Crippen LogP contribution in [0.2, 0.25) is 0 Å². The zero-order valence-corrected chi connectivity index (χ0v) is 10.3. The lowest BCUT2D eigenvalue weighted by atomic mass is 9.89. The van der Waals surface area contributed by atoms with E-state index in [2.05, 4.69) is 10.8 Å². The summed E-state index contributed by atoms with van der Waals surface area (Å²) in [5.41, 5.74) is 3.64. The number of hydroxylamine groups is 1. The first-order chi connectivity index (χ1) is 8.83. The molecule has 0 aromatic heterocycles. The highest BCUT2D eigenvalue weighted by atomic mass is 16.6. The molecule has 4 nitrogen and oxygen atoms in total. The molecule has 0 aliphatic carbocycles. The van der Waals surface area contributed by atoms with Crippen molar-refractivity contribution in [2.45, 2.75) is 38.0 Å². The Morgan fingerprint density at radius 2 is 2.17 bits per heavy atom. The van der Waals surface area contributed by atoms with E-state index in [1.807, 2.05) is 30.3 Å². The molecule has 2 N–H and O–H groups in total. The van der Waals surface area contributed by atoms with Crippen molar-refractivity contribution in [1.29, 1.82) is 0 Å². The smallest absolute Gasteiger partial charge is 0.248 e. The molecule has 3 rings (SSSR count). The van der Waals surface area contributed by atoms with Crippen LogP contribution in [0.15, 0.2) is 30.3 Å². The molecule has 18 heavy (non-hydrogen) atoms. The summed E-state index contributed by atoms with van der Waals surface area (Å²) in [6.45, 7) is 0.417. The third kappa shape index (κ3) is 2.40. The van der Waals surface area contributed by atoms with Crippen LogP contribution in [0.5, 0.6) is 0 Å². The van der Waals surface area contributed by atoms with Gasteiger partial charge in [-0.1, -0.05) is 30.3 Å². The Balaban J connectivity index is 1.45. The number of hydrogen-bond donors (Lipinski definition) is 2. The van der Waals surface area contributed by atoms with E-state index in [0.717, 1.165) is 18.4 Å². The van der Waals surface area contributed by atoms with Crippen LogP contribution in [0.4, 0.5) is 0 Å². The Morgan fingerprint density at radius 3 is 2.83 bits per heavy atom. The van der Waals surface area contributed by atoms with Gasteiger partial charge in [-0.05, 0) is 24.8 Å². The van der Waals surface area contributed by atoms with Crippen molar-refractivity contribution in [2.24, 2.45) is 5.92 Å². The Labute approximate surface area is 107 Å². The Bertz CT molecular complexity index is 421. The van der Waals surface area contributed by atoms with E-state index < -0.39 is 0 Å². The summed E-state index contributed by atoms with van der Waals surface area (Å²) >= 11 is 0. The van der Waals surface area contributed by atoms with Crippen molar-refractivity contribution in [3.63, 3.8) is 0 Å². The number of fused-ring (bicyclic) bond motifs is 2. The van der Waals surface area contributed by atoms with Crippen LogP contribution < -0.4 is 10.8 Å². The maximum atomic E-state index is 11.9. The zero-order valence-electron chi connectivity index (χ0n) is 10.3. The summed E-state index contributed by atoms with van der Waals surface area (Å²) in [7, 11) is 0. The number of carbonyl (C=O) groups excluding carboxylic acids is 1. The van der Waals surface area contributed by atoms with Gasteiger partial charge in [-0.3, -0.25) is 9.63 Å². The first kappa shape index (κ1) is 11.7. The fourth-order valence-corrected chi connectivity index (χ4v) is 2.95. The summed E-state index contributed by atoms with van der Waals surface area (Å²) < 4.78 is 0. The average Bonchev–Trinajstić information content (AvgIpc) is 3.02. The summed E-state index contributed by atoms with van der Waals surface area (Å²) in [6, 6.07) is 10.7. The quantitative estimate of drug-likeness (QED) is 0.789. The number of nitrogens with one attached hydrogen (secondary N) is 2. The second kappa shape index (κ2) is 5.08. The minimum atomic E-state index is 0.0191. The van der Waals surface area contributed by atoms with Crippen LogP contribution in [0.3, 0.4) is 0 Å². The molecule has 2 bridgehead atoms. The molecule has 3 unspecified atom stereocenters. The van der Waals surface area contributed by atoms with Gasteiger partial charge in [-0.15, -0.1) is 0 Å². The predicted octanol–water partition coefficient (Wildman–Crippen LogP) is 1.37. The molecule has 0 spiro atoms. The maximum Gasteiger partial charge on any atom is 0.248 e. The van der Waals surface area contributed by atoms with Gasteiger partial charge in [0.05, 0.1) is 12.5 Å². The molecule has 0 saturated carbocycles. The highest BCUT2D eigenvalue weighted by molar-refractivity contribution is 5.79. The van der Waals surface area contributed by atoms with Crippen LogP contribution in [-0.4, -0.2) is 18.0 Å². The summed E-state index contributed by atoms with van der Waals surface area (Å²) in [6.07, 6.45) is 3.27. The highest BCUT2D eigenvalue weighted by Gasteiger charge is 2.42. The van der Waals surface area contributed by atoms with Gasteiger partial charge in [0, 0.05) is 12.1 Å². The zero-order chi connectivity index (χ0) is 12.4. The summed E-state index contributed by atoms with van der Waals surface area (Å²) in [5.74, 6) is 0.102. The van der Waals surface area contributed by atoms with E-state index in [4.69, 9.17) is 4.84 Å². The average molecular weight is 246 g/mol. The normalized spacial score (nSPS) is 29.4. The van der Waals surface area contributed by atoms with Gasteiger partial charge >= 0.3 is 0 Å². The largest absolute Gasteiger partial charge is 0.310 e. The SMILES string of the molecule is O=C(NOCc1ccccc1)C1CC2CCC1N2. The Hall–Kier alpha value is -1.39. The van der Waals surface area contributed by atoms with Crippen molar-refractivity contribution in [3.05, 3.63) is 35.9 Å². The van der Waals surface area contributed by atoms with Crippen molar-refractivity contribution >= 4 is 5.91 Å². The molecule has 0 radical (unpaired) electrons. The minimum absolute atomic E-state index is 0.0191. The second-order valence-electron chi connectivity index (χ2n) is 5.13. The van der Waals surface area contributed by atoms with Crippen molar-refractivity contribution in [2.75, 3.05) is 0 Å². The van der Waals surface area contributed by atoms with Gasteiger partial charge in [0.15, 0.2) is 0 Å². The molecule has 2 aliphatic heterocycles. The van der Waals surface area contributed by atoms with E-state index in [1.165, 1.54) is 6.42 Å². The lowest BCUT2D eigenvalue weighted by Gasteiger charge is -2.18. The molecule has 1 aromatic carbocycles. The first-order valence-electron chi connectivity index (χ1n) is 6.54. The molecular weight excluding hydrogens is 228 g/mol. The number of hydrogen-bond acceptors (Lipinski definition) is 3. The van der Waals surface area contributed by atoms with Gasteiger partial charge in [-0.2, -0.15) is 0 Å². The van der Waals surface area contributed by atoms with Crippen LogP contribution >= 0.6 is 0 Å². The molecule has 2 aliphatic rings. The third-order valence-corrected chi connectivity index (χ3v) is 3.89. The Kier molecular flexibility index (Phi) is 3.30. The van der Waals surface area contributed by atoms with E-state index in [1.54, 1.807) is 0 Å². The molecule has 3 atom stereocenters. The summed E-state index contributed by atoms with van der Waals surface area (Å²) in [5, 5.41) is 3.45. The molecule has 96 valence electrons. The fraction of sp³-hybridized carbons (Fsp3) is 0.500. The third-order valence-electron chi connectivity index (χ3n) is 3.89. The van der Waals surface area contributed by atoms with Gasteiger partial charge in [0.1, 0.15) is 0 Å². The summed E-state index contributed by atoms with van der Waals surface area (Å²) in [4.78, 5) is 17.2. The molecule has 2 saturated heterocycles. The van der Waals surface area contributed by atoms with E-state index in [-0.39, 0.29) is 11.8 Å². The van der Waals surface area contributed by atoms with Gasteiger partial charge in [-0.25, -0.2) is 5.48 Å². The van der Waals surface area contributed by atoms with Gasteiger partial charge < -0.3 is 5.32 Å². The lowest BCUT2D eigenvalue weighted by molar-refractivity contribution is -0.139. The molecule has 2 fully saturated rings. The van der Waals surface area contributed by atoms with Crippen molar-refractivity contribution in [1.82, 2.24) is 10.8 Å². The standard InChI is InChI=1S/C14H18N2O2/c17-14(12-8-11-6-7-13(12)15-11)16-18-9-10-4-2-1-3-5-10/h1-5,11-13,15H,6-9H2,(H,16,17). The van der Waals surface area contributed by atoms with Crippen LogP contribution in [0.1, 0.15) is 24.8 Å².